The van der Waals surface area contributed by atoms with Gasteiger partial charge in [0, 0.05) is 44.9 Å². The molecule has 4 heterocycles. The van der Waals surface area contributed by atoms with E-state index < -0.39 is 0 Å². The summed E-state index contributed by atoms with van der Waals surface area (Å²) in [7, 11) is 0. The number of aryl methyl sites for hydroxylation is 1. The lowest BCUT2D eigenvalue weighted by molar-refractivity contribution is -0.128. The summed E-state index contributed by atoms with van der Waals surface area (Å²) in [5.74, 6) is 1.37. The Labute approximate surface area is 146 Å². The molecular weight excluding hydrogens is 318 g/mol. The Balaban J connectivity index is 1.40. The van der Waals surface area contributed by atoms with E-state index in [2.05, 4.69) is 19.9 Å². The van der Waals surface area contributed by atoms with E-state index >= 15 is 0 Å². The topological polar surface area (TPSA) is 80.1 Å². The maximum Gasteiger partial charge on any atom is 0.230 e. The summed E-state index contributed by atoms with van der Waals surface area (Å²) in [6, 6.07) is 3.79. The zero-order valence-corrected chi connectivity index (χ0v) is 14.0. The van der Waals surface area contributed by atoms with Crippen LogP contribution < -0.4 is 5.32 Å². The molecule has 2 aromatic heterocycles. The molecule has 130 valence electrons. The first-order valence-electron chi connectivity index (χ1n) is 8.72. The number of amides is 2. The van der Waals surface area contributed by atoms with Crippen LogP contribution in [0, 0.1) is 5.92 Å². The molecule has 7 nitrogen and oxygen atoms in total. The van der Waals surface area contributed by atoms with Crippen molar-refractivity contribution in [3.05, 3.63) is 42.1 Å². The van der Waals surface area contributed by atoms with Crippen LogP contribution in [0.25, 0.3) is 0 Å². The minimum Gasteiger partial charge on any atom is -0.337 e. The van der Waals surface area contributed by atoms with E-state index in [0.717, 1.165) is 43.0 Å². The van der Waals surface area contributed by atoms with Gasteiger partial charge >= 0.3 is 0 Å². The van der Waals surface area contributed by atoms with Crippen molar-refractivity contribution in [1.82, 2.24) is 19.4 Å². The van der Waals surface area contributed by atoms with Crippen LogP contribution >= 0.6 is 0 Å². The predicted octanol–water partition coefficient (Wildman–Crippen LogP) is 1.60. The Hall–Kier alpha value is -2.70. The molecule has 2 aliphatic rings. The minimum absolute atomic E-state index is 0.0133. The van der Waals surface area contributed by atoms with Gasteiger partial charge in [-0.25, -0.2) is 4.98 Å². The molecule has 1 unspecified atom stereocenters. The molecule has 0 bridgehead atoms. The van der Waals surface area contributed by atoms with E-state index in [1.165, 1.54) is 0 Å². The fourth-order valence-corrected chi connectivity index (χ4v) is 3.56. The van der Waals surface area contributed by atoms with Crippen LogP contribution in [0.3, 0.4) is 0 Å². The first-order chi connectivity index (χ1) is 12.2. The van der Waals surface area contributed by atoms with Crippen molar-refractivity contribution in [2.24, 2.45) is 5.92 Å². The third-order valence-corrected chi connectivity index (χ3v) is 4.90. The predicted molar refractivity (Wildman–Crippen MR) is 91.6 cm³/mol. The van der Waals surface area contributed by atoms with Gasteiger partial charge in [0.15, 0.2) is 0 Å². The molecule has 7 heteroatoms. The molecular formula is C18H21N5O2. The molecule has 1 N–H and O–H groups in total. The summed E-state index contributed by atoms with van der Waals surface area (Å²) in [6.07, 6.45) is 8.64. The van der Waals surface area contributed by atoms with Crippen molar-refractivity contribution in [1.29, 1.82) is 0 Å². The first kappa shape index (κ1) is 15.8. The fraction of sp³-hybridized carbons (Fsp3) is 0.444. The van der Waals surface area contributed by atoms with Gasteiger partial charge in [-0.2, -0.15) is 0 Å². The van der Waals surface area contributed by atoms with E-state index in [4.69, 9.17) is 0 Å². The Kier molecular flexibility index (Phi) is 4.21. The van der Waals surface area contributed by atoms with Crippen LogP contribution in [0.15, 0.2) is 30.7 Å². The number of hydrogen-bond acceptors (Lipinski definition) is 4. The molecule has 0 aromatic carbocycles. The second-order valence-corrected chi connectivity index (χ2v) is 6.69. The maximum atomic E-state index is 12.6. The number of rotatable bonds is 4. The first-order valence-corrected chi connectivity index (χ1v) is 8.72. The van der Waals surface area contributed by atoms with Crippen molar-refractivity contribution in [3.8, 4) is 0 Å². The van der Waals surface area contributed by atoms with E-state index in [1.54, 1.807) is 23.5 Å². The highest BCUT2D eigenvalue weighted by Crippen LogP contribution is 2.24. The van der Waals surface area contributed by atoms with Gasteiger partial charge in [-0.1, -0.05) is 6.07 Å². The SMILES string of the molecule is O=C(Nc1cnc2n1CCCC2)C1CC(=O)N(Cc2cccnc2)C1. The van der Waals surface area contributed by atoms with Gasteiger partial charge in [-0.15, -0.1) is 0 Å². The van der Waals surface area contributed by atoms with Gasteiger partial charge in [-0.3, -0.25) is 14.6 Å². The highest BCUT2D eigenvalue weighted by atomic mass is 16.2. The van der Waals surface area contributed by atoms with E-state index in [1.807, 2.05) is 12.1 Å². The number of aromatic nitrogens is 3. The fourth-order valence-electron chi connectivity index (χ4n) is 3.56. The lowest BCUT2D eigenvalue weighted by atomic mass is 10.1. The summed E-state index contributed by atoms with van der Waals surface area (Å²) in [5.41, 5.74) is 0.974. The van der Waals surface area contributed by atoms with Crippen LogP contribution in [-0.2, 0) is 29.1 Å². The second-order valence-electron chi connectivity index (χ2n) is 6.69. The van der Waals surface area contributed by atoms with Crippen molar-refractivity contribution in [2.75, 3.05) is 11.9 Å². The van der Waals surface area contributed by atoms with Crippen LogP contribution in [0.1, 0.15) is 30.7 Å². The molecule has 4 rings (SSSR count). The van der Waals surface area contributed by atoms with Gasteiger partial charge in [0.05, 0.1) is 12.1 Å². The molecule has 1 saturated heterocycles. The number of fused-ring (bicyclic) bond motifs is 1. The Morgan fingerprint density at radius 2 is 2.24 bits per heavy atom. The number of nitrogens with one attached hydrogen (secondary N) is 1. The number of hydrogen-bond donors (Lipinski definition) is 1. The summed E-state index contributed by atoms with van der Waals surface area (Å²) >= 11 is 0. The number of likely N-dealkylation sites (tertiary alicyclic amines) is 1. The number of anilines is 1. The summed E-state index contributed by atoms with van der Waals surface area (Å²) in [6.45, 7) is 1.83. The lowest BCUT2D eigenvalue weighted by Crippen LogP contribution is -2.28. The highest BCUT2D eigenvalue weighted by molar-refractivity contribution is 5.96. The van der Waals surface area contributed by atoms with Gasteiger partial charge in [-0.05, 0) is 24.5 Å². The van der Waals surface area contributed by atoms with Crippen LogP contribution in [-0.4, -0.2) is 37.8 Å². The average Bonchev–Trinajstić information content (AvgIpc) is 3.20. The Morgan fingerprint density at radius 1 is 1.32 bits per heavy atom. The largest absolute Gasteiger partial charge is 0.337 e. The smallest absolute Gasteiger partial charge is 0.230 e. The molecule has 0 spiro atoms. The van der Waals surface area contributed by atoms with Crippen molar-refractivity contribution in [2.45, 2.75) is 38.8 Å². The van der Waals surface area contributed by atoms with Crippen molar-refractivity contribution in [3.63, 3.8) is 0 Å². The van der Waals surface area contributed by atoms with E-state index in [-0.39, 0.29) is 24.2 Å². The summed E-state index contributed by atoms with van der Waals surface area (Å²) < 4.78 is 2.07. The van der Waals surface area contributed by atoms with E-state index in [9.17, 15) is 9.59 Å². The third kappa shape index (κ3) is 3.26. The molecule has 25 heavy (non-hydrogen) atoms. The van der Waals surface area contributed by atoms with Crippen molar-refractivity contribution < 1.29 is 9.59 Å². The second kappa shape index (κ2) is 6.66. The normalized spacial score (nSPS) is 19.8. The zero-order valence-electron chi connectivity index (χ0n) is 14.0. The van der Waals surface area contributed by atoms with Gasteiger partial charge in [0.1, 0.15) is 11.6 Å². The van der Waals surface area contributed by atoms with Crippen LogP contribution in [0.5, 0.6) is 0 Å². The zero-order chi connectivity index (χ0) is 17.2. The number of pyridine rings is 1. The van der Waals surface area contributed by atoms with Gasteiger partial charge < -0.3 is 14.8 Å². The maximum absolute atomic E-state index is 12.6. The highest BCUT2D eigenvalue weighted by Gasteiger charge is 2.34. The molecule has 0 aliphatic carbocycles. The molecule has 2 aliphatic heterocycles. The Bertz CT molecular complexity index is 786. The standard InChI is InChI=1S/C18H21N5O2/c24-17-8-14(12-22(17)11-13-4-3-6-19-9-13)18(25)21-16-10-20-15-5-1-2-7-23(15)16/h3-4,6,9-10,14H,1-2,5,7-8,11-12H2,(H,21,25). The molecule has 2 amide bonds. The monoisotopic (exact) mass is 339 g/mol. The van der Waals surface area contributed by atoms with Gasteiger partial charge in [0.25, 0.3) is 0 Å². The molecule has 1 atom stereocenters. The Morgan fingerprint density at radius 3 is 3.08 bits per heavy atom. The molecule has 1 fully saturated rings. The van der Waals surface area contributed by atoms with Crippen LogP contribution in [0.2, 0.25) is 0 Å². The molecule has 2 aromatic rings. The third-order valence-electron chi connectivity index (χ3n) is 4.90. The minimum atomic E-state index is -0.320. The number of carbonyl (C=O) groups excluding carboxylic acids is 2. The van der Waals surface area contributed by atoms with Gasteiger partial charge in [0.2, 0.25) is 11.8 Å². The molecule has 0 radical (unpaired) electrons. The summed E-state index contributed by atoms with van der Waals surface area (Å²) in [4.78, 5) is 35.0. The van der Waals surface area contributed by atoms with Crippen molar-refractivity contribution >= 4 is 17.6 Å². The number of nitrogens with zero attached hydrogens (tertiary/aromatic N) is 4. The van der Waals surface area contributed by atoms with Crippen LogP contribution in [0.4, 0.5) is 5.82 Å². The average molecular weight is 339 g/mol. The molecule has 0 saturated carbocycles. The summed E-state index contributed by atoms with van der Waals surface area (Å²) in [5, 5.41) is 2.97. The quantitative estimate of drug-likeness (QED) is 0.917. The number of carbonyl (C=O) groups is 2. The lowest BCUT2D eigenvalue weighted by Gasteiger charge is -2.18. The van der Waals surface area contributed by atoms with E-state index in [0.29, 0.717) is 13.1 Å². The number of imidazole rings is 1.